The first kappa shape index (κ1) is 26.1. The molecule has 2 aliphatic heterocycles. The summed E-state index contributed by atoms with van der Waals surface area (Å²) in [5.74, 6) is -4.42. The highest BCUT2D eigenvalue weighted by atomic mass is 19.3. The van der Waals surface area contributed by atoms with E-state index in [9.17, 15) is 23.2 Å². The van der Waals surface area contributed by atoms with Crippen molar-refractivity contribution < 1.29 is 27.9 Å². The number of aromatic nitrogens is 1. The number of rotatable bonds is 5. The van der Waals surface area contributed by atoms with E-state index < -0.39 is 55.0 Å². The molecule has 35 heavy (non-hydrogen) atoms. The zero-order chi connectivity index (χ0) is 25.8. The topological polar surface area (TPSA) is 128 Å². The van der Waals surface area contributed by atoms with Crippen LogP contribution in [0.5, 0.6) is 0 Å². The maximum atomic E-state index is 13.6. The number of amides is 3. The average Bonchev–Trinajstić information content (AvgIpc) is 3.11. The fraction of sp³-hybridized carbons (Fsp3) is 0.609. The molecule has 0 aromatic carbocycles. The molecular formula is C23H30F2N6O4. The molecule has 2 N–H and O–H groups in total. The number of piperidine rings is 1. The van der Waals surface area contributed by atoms with Gasteiger partial charge in [0.15, 0.2) is 0 Å². The molecule has 10 nitrogen and oxygen atoms in total. The van der Waals surface area contributed by atoms with Gasteiger partial charge in [0.25, 0.3) is 11.8 Å². The van der Waals surface area contributed by atoms with Crippen LogP contribution in [-0.2, 0) is 9.53 Å². The normalized spacial score (nSPS) is 20.2. The van der Waals surface area contributed by atoms with Crippen molar-refractivity contribution >= 4 is 23.6 Å². The van der Waals surface area contributed by atoms with Crippen LogP contribution in [0.3, 0.4) is 0 Å². The molecule has 2 aliphatic rings. The monoisotopic (exact) mass is 492 g/mol. The molecule has 0 aliphatic carbocycles. The summed E-state index contributed by atoms with van der Waals surface area (Å²) in [6.07, 6.45) is 3.07. The summed E-state index contributed by atoms with van der Waals surface area (Å²) < 4.78 is 32.5. The van der Waals surface area contributed by atoms with Crippen molar-refractivity contribution in [1.29, 1.82) is 5.26 Å². The summed E-state index contributed by atoms with van der Waals surface area (Å²) in [7, 11) is 0. The van der Waals surface area contributed by atoms with E-state index in [0.717, 1.165) is 4.90 Å². The standard InChI is InChI=1S/C23H30F2N6O4/c1-22(2,3)35-21(34)29-15-5-8-30(9-6-15)18-12-27-7-4-17(18)20(33)28-13-19(32)31-14-23(24,25)10-16(31)11-26/h4,7,12,15-16H,5-6,8-10,13-14H2,1-3H3,(H,28,33)(H,29,34)/t16-/m0/s1. The molecule has 0 saturated carbocycles. The average molecular weight is 493 g/mol. The molecule has 2 fully saturated rings. The SMILES string of the molecule is CC(C)(C)OC(=O)NC1CCN(c2cnccc2C(=O)NCC(=O)N2CC(F)(F)C[C@H]2C#N)CC1. The van der Waals surface area contributed by atoms with Gasteiger partial charge in [-0.2, -0.15) is 5.26 Å². The van der Waals surface area contributed by atoms with Crippen LogP contribution >= 0.6 is 0 Å². The molecule has 3 heterocycles. The van der Waals surface area contributed by atoms with E-state index in [1.807, 2.05) is 4.90 Å². The second kappa shape index (κ2) is 10.4. The Hall–Kier alpha value is -3.49. The largest absolute Gasteiger partial charge is 0.444 e. The highest BCUT2D eigenvalue weighted by Gasteiger charge is 2.47. The summed E-state index contributed by atoms with van der Waals surface area (Å²) in [4.78, 5) is 44.1. The van der Waals surface area contributed by atoms with Gasteiger partial charge in [-0.15, -0.1) is 0 Å². The third-order valence-corrected chi connectivity index (χ3v) is 5.74. The Bertz CT molecular complexity index is 998. The summed E-state index contributed by atoms with van der Waals surface area (Å²) in [6.45, 7) is 5.14. The molecule has 0 radical (unpaired) electrons. The minimum atomic E-state index is -3.12. The van der Waals surface area contributed by atoms with Gasteiger partial charge in [0, 0.05) is 31.7 Å². The second-order valence-corrected chi connectivity index (χ2v) is 9.71. The van der Waals surface area contributed by atoms with Gasteiger partial charge in [-0.25, -0.2) is 13.6 Å². The van der Waals surface area contributed by atoms with E-state index in [-0.39, 0.29) is 11.6 Å². The first-order valence-electron chi connectivity index (χ1n) is 11.4. The Labute approximate surface area is 202 Å². The maximum absolute atomic E-state index is 13.6. The third kappa shape index (κ3) is 7.00. The van der Waals surface area contributed by atoms with Crippen molar-refractivity contribution in [2.24, 2.45) is 0 Å². The minimum Gasteiger partial charge on any atom is -0.444 e. The molecule has 1 atom stereocenters. The van der Waals surface area contributed by atoms with Crippen LogP contribution in [0.2, 0.25) is 0 Å². The molecule has 1 aromatic heterocycles. The van der Waals surface area contributed by atoms with Gasteiger partial charge < -0.3 is 25.2 Å². The second-order valence-electron chi connectivity index (χ2n) is 9.71. The summed E-state index contributed by atoms with van der Waals surface area (Å²) in [6, 6.07) is 1.94. The van der Waals surface area contributed by atoms with Crippen LogP contribution in [-0.4, -0.2) is 77.6 Å². The molecule has 12 heteroatoms. The molecule has 3 amide bonds. The van der Waals surface area contributed by atoms with Crippen molar-refractivity contribution in [3.8, 4) is 6.07 Å². The van der Waals surface area contributed by atoms with Crippen LogP contribution in [0, 0.1) is 11.3 Å². The first-order valence-corrected chi connectivity index (χ1v) is 11.4. The lowest BCUT2D eigenvalue weighted by Crippen LogP contribution is -2.46. The number of likely N-dealkylation sites (tertiary alicyclic amines) is 1. The number of alkyl carbamates (subject to hydrolysis) is 1. The van der Waals surface area contributed by atoms with Crippen molar-refractivity contribution in [3.05, 3.63) is 24.0 Å². The number of hydrogen-bond acceptors (Lipinski definition) is 7. The summed E-state index contributed by atoms with van der Waals surface area (Å²) in [5.41, 5.74) is 0.265. The van der Waals surface area contributed by atoms with Crippen LogP contribution in [0.15, 0.2) is 18.5 Å². The number of hydrogen-bond donors (Lipinski definition) is 2. The Morgan fingerprint density at radius 1 is 1.29 bits per heavy atom. The number of ether oxygens (including phenoxy) is 1. The third-order valence-electron chi connectivity index (χ3n) is 5.74. The number of carbonyl (C=O) groups is 3. The number of nitrogens with zero attached hydrogens (tertiary/aromatic N) is 4. The van der Waals surface area contributed by atoms with Crippen LogP contribution in [0.4, 0.5) is 19.3 Å². The lowest BCUT2D eigenvalue weighted by molar-refractivity contribution is -0.131. The van der Waals surface area contributed by atoms with Gasteiger partial charge in [0.05, 0.1) is 36.6 Å². The molecule has 0 bridgehead atoms. The number of nitriles is 1. The number of nitrogens with one attached hydrogen (secondary N) is 2. The molecule has 3 rings (SSSR count). The number of alkyl halides is 2. The Kier molecular flexibility index (Phi) is 7.77. The van der Waals surface area contributed by atoms with Crippen LogP contribution in [0.25, 0.3) is 0 Å². The van der Waals surface area contributed by atoms with Gasteiger partial charge in [0.2, 0.25) is 5.91 Å². The van der Waals surface area contributed by atoms with Gasteiger partial charge in [-0.3, -0.25) is 14.6 Å². The Morgan fingerprint density at radius 2 is 1.97 bits per heavy atom. The lowest BCUT2D eigenvalue weighted by Gasteiger charge is -2.34. The predicted octanol–water partition coefficient (Wildman–Crippen LogP) is 2.06. The summed E-state index contributed by atoms with van der Waals surface area (Å²) >= 11 is 0. The van der Waals surface area contributed by atoms with E-state index in [4.69, 9.17) is 10.00 Å². The highest BCUT2D eigenvalue weighted by Crippen LogP contribution is 2.31. The lowest BCUT2D eigenvalue weighted by atomic mass is 10.0. The fourth-order valence-electron chi connectivity index (χ4n) is 4.12. The van der Waals surface area contributed by atoms with E-state index >= 15 is 0 Å². The molecule has 2 saturated heterocycles. The van der Waals surface area contributed by atoms with Gasteiger partial charge in [0.1, 0.15) is 11.6 Å². The predicted molar refractivity (Wildman–Crippen MR) is 122 cm³/mol. The van der Waals surface area contributed by atoms with Crippen molar-refractivity contribution in [2.75, 3.05) is 31.1 Å². The van der Waals surface area contributed by atoms with E-state index in [0.29, 0.717) is 31.6 Å². The van der Waals surface area contributed by atoms with E-state index in [1.54, 1.807) is 33.0 Å². The fourth-order valence-corrected chi connectivity index (χ4v) is 4.12. The molecule has 0 spiro atoms. The molecule has 0 unspecified atom stereocenters. The zero-order valence-corrected chi connectivity index (χ0v) is 20.0. The summed E-state index contributed by atoms with van der Waals surface area (Å²) in [5, 5.41) is 14.4. The van der Waals surface area contributed by atoms with Crippen molar-refractivity contribution in [2.45, 2.75) is 63.6 Å². The van der Waals surface area contributed by atoms with Gasteiger partial charge in [-0.1, -0.05) is 0 Å². The number of anilines is 1. The number of carbonyl (C=O) groups excluding carboxylic acids is 3. The number of halogens is 2. The van der Waals surface area contributed by atoms with Crippen molar-refractivity contribution in [1.82, 2.24) is 20.5 Å². The maximum Gasteiger partial charge on any atom is 0.407 e. The zero-order valence-electron chi connectivity index (χ0n) is 20.0. The van der Waals surface area contributed by atoms with Crippen LogP contribution < -0.4 is 15.5 Å². The van der Waals surface area contributed by atoms with E-state index in [2.05, 4.69) is 15.6 Å². The highest BCUT2D eigenvalue weighted by molar-refractivity contribution is 6.01. The van der Waals surface area contributed by atoms with Crippen LogP contribution in [0.1, 0.15) is 50.4 Å². The quantitative estimate of drug-likeness (QED) is 0.644. The Morgan fingerprint density at radius 3 is 2.60 bits per heavy atom. The molecular weight excluding hydrogens is 462 g/mol. The molecule has 190 valence electrons. The minimum absolute atomic E-state index is 0.0701. The van der Waals surface area contributed by atoms with Gasteiger partial charge in [-0.05, 0) is 39.7 Å². The van der Waals surface area contributed by atoms with E-state index in [1.165, 1.54) is 12.3 Å². The number of pyridine rings is 1. The van der Waals surface area contributed by atoms with Crippen molar-refractivity contribution in [3.63, 3.8) is 0 Å². The van der Waals surface area contributed by atoms with Gasteiger partial charge >= 0.3 is 6.09 Å². The molecule has 1 aromatic rings. The smallest absolute Gasteiger partial charge is 0.407 e. The Balaban J connectivity index is 1.56. The first-order chi connectivity index (χ1) is 16.4.